The Morgan fingerprint density at radius 2 is 2.57 bits per heavy atom. The van der Waals surface area contributed by atoms with Crippen LogP contribution >= 0.6 is 33.2 Å². The lowest BCUT2D eigenvalue weighted by Crippen LogP contribution is -2.04. The summed E-state index contributed by atoms with van der Waals surface area (Å²) < 4.78 is 0. The lowest BCUT2D eigenvalue weighted by Gasteiger charge is -1.85. The molecule has 1 unspecified atom stereocenters. The molecule has 0 bridgehead atoms. The first kappa shape index (κ1) is 5.79. The Kier molecular flexibility index (Phi) is 1.89. The molecule has 1 rings (SSSR count). The van der Waals surface area contributed by atoms with Crippen LogP contribution in [-0.4, -0.2) is 16.2 Å². The number of halogens is 1. The maximum absolute atomic E-state index is 10.4. The van der Waals surface area contributed by atoms with Crippen molar-refractivity contribution in [3.63, 3.8) is 0 Å². The van der Waals surface area contributed by atoms with Gasteiger partial charge in [0.2, 0.25) is 5.12 Å². The van der Waals surface area contributed by atoms with Crippen molar-refractivity contribution in [3.05, 3.63) is 0 Å². The van der Waals surface area contributed by atoms with E-state index in [-0.39, 0.29) is 10.5 Å². The average Bonchev–Trinajstić information content (AvgIpc) is 1.91. The zero-order chi connectivity index (χ0) is 5.28. The maximum Gasteiger partial charge on any atom is 0.218 e. The van der Waals surface area contributed by atoms with Crippen LogP contribution in [-0.2, 0) is 4.79 Å². The molecule has 1 heterocycles. The summed E-state index contributed by atoms with van der Waals surface area (Å²) in [5, 5.41) is -0.123. The van der Waals surface area contributed by atoms with Gasteiger partial charge in [-0.15, -0.1) is 11.6 Å². The number of hydrogen-bond donors (Lipinski definition) is 0. The predicted molar refractivity (Wildman–Crippen MR) is 34.7 cm³/mol. The zero-order valence-electron chi connectivity index (χ0n) is 3.39. The number of carbonyl (C=O) groups excluding carboxylic acids is 1. The molecule has 1 nitrogen and oxygen atoms in total. The molecule has 1 atom stereocenters. The van der Waals surface area contributed by atoms with Gasteiger partial charge >= 0.3 is 0 Å². The SMILES string of the molecule is O=C1SSCC1Cl. The lowest BCUT2D eigenvalue weighted by molar-refractivity contribution is -0.110. The van der Waals surface area contributed by atoms with E-state index in [1.165, 1.54) is 21.6 Å². The first-order valence-corrected chi connectivity index (χ1v) is 4.53. The number of alkyl halides is 1. The van der Waals surface area contributed by atoms with Crippen LogP contribution in [0, 0.1) is 0 Å². The van der Waals surface area contributed by atoms with E-state index in [2.05, 4.69) is 0 Å². The minimum absolute atomic E-state index is 0.103. The largest absolute Gasteiger partial charge is 0.285 e. The van der Waals surface area contributed by atoms with Crippen LogP contribution in [0.15, 0.2) is 0 Å². The molecule has 0 spiro atoms. The van der Waals surface area contributed by atoms with Crippen molar-refractivity contribution in [2.75, 3.05) is 5.75 Å². The van der Waals surface area contributed by atoms with Gasteiger partial charge in [0.25, 0.3) is 0 Å². The third-order valence-corrected chi connectivity index (χ3v) is 3.57. The highest BCUT2D eigenvalue weighted by molar-refractivity contribution is 8.83. The highest BCUT2D eigenvalue weighted by atomic mass is 35.5. The number of rotatable bonds is 0. The van der Waals surface area contributed by atoms with Crippen molar-refractivity contribution in [1.29, 1.82) is 0 Å². The minimum Gasteiger partial charge on any atom is -0.285 e. The van der Waals surface area contributed by atoms with E-state index in [1.807, 2.05) is 0 Å². The van der Waals surface area contributed by atoms with Crippen LogP contribution in [0.1, 0.15) is 0 Å². The summed E-state index contributed by atoms with van der Waals surface area (Å²) in [5.41, 5.74) is 0. The zero-order valence-corrected chi connectivity index (χ0v) is 5.78. The van der Waals surface area contributed by atoms with E-state index in [1.54, 1.807) is 0 Å². The Hall–Kier alpha value is 0.660. The second-order valence-corrected chi connectivity index (χ2v) is 4.03. The van der Waals surface area contributed by atoms with Gasteiger partial charge in [0.15, 0.2) is 0 Å². The molecular formula is C3H3ClOS2. The minimum atomic E-state index is -0.227. The highest BCUT2D eigenvalue weighted by Gasteiger charge is 2.23. The Bertz CT molecular complexity index is 94.9. The number of carbonyl (C=O) groups is 1. The van der Waals surface area contributed by atoms with Crippen molar-refractivity contribution < 1.29 is 4.79 Å². The Labute approximate surface area is 54.6 Å². The lowest BCUT2D eigenvalue weighted by atomic mass is 10.5. The summed E-state index contributed by atoms with van der Waals surface area (Å²) in [7, 11) is 2.78. The van der Waals surface area contributed by atoms with Crippen LogP contribution < -0.4 is 0 Å². The molecule has 0 aliphatic carbocycles. The molecule has 1 fully saturated rings. The summed E-state index contributed by atoms with van der Waals surface area (Å²) in [6, 6.07) is 0. The molecule has 1 aliphatic heterocycles. The van der Waals surface area contributed by atoms with E-state index in [4.69, 9.17) is 11.6 Å². The van der Waals surface area contributed by atoms with Crippen LogP contribution in [0.5, 0.6) is 0 Å². The topological polar surface area (TPSA) is 17.1 Å². The molecule has 40 valence electrons. The summed E-state index contributed by atoms with van der Waals surface area (Å²) >= 11 is 5.47. The Morgan fingerprint density at radius 3 is 2.71 bits per heavy atom. The second kappa shape index (κ2) is 2.29. The fraction of sp³-hybridized carbons (Fsp3) is 0.667. The van der Waals surface area contributed by atoms with Crippen LogP contribution in [0.4, 0.5) is 0 Å². The number of hydrogen-bond acceptors (Lipinski definition) is 3. The van der Waals surface area contributed by atoms with Crippen LogP contribution in [0.25, 0.3) is 0 Å². The van der Waals surface area contributed by atoms with E-state index < -0.39 is 0 Å². The van der Waals surface area contributed by atoms with Gasteiger partial charge in [-0.25, -0.2) is 0 Å². The fourth-order valence-corrected chi connectivity index (χ4v) is 3.03. The molecule has 0 aromatic rings. The van der Waals surface area contributed by atoms with E-state index in [0.29, 0.717) is 0 Å². The van der Waals surface area contributed by atoms with Crippen molar-refractivity contribution in [1.82, 2.24) is 0 Å². The summed E-state index contributed by atoms with van der Waals surface area (Å²) in [4.78, 5) is 10.4. The summed E-state index contributed by atoms with van der Waals surface area (Å²) in [5.74, 6) is 0.769. The van der Waals surface area contributed by atoms with Crippen molar-refractivity contribution in [2.45, 2.75) is 5.38 Å². The highest BCUT2D eigenvalue weighted by Crippen LogP contribution is 2.34. The van der Waals surface area contributed by atoms with Crippen LogP contribution in [0.3, 0.4) is 0 Å². The quantitative estimate of drug-likeness (QED) is 0.389. The molecule has 0 saturated carbocycles. The standard InChI is InChI=1S/C3H3ClOS2/c4-2-1-6-7-3(2)5/h2H,1H2. The molecule has 0 aromatic heterocycles. The van der Waals surface area contributed by atoms with Gasteiger partial charge < -0.3 is 0 Å². The van der Waals surface area contributed by atoms with Gasteiger partial charge in [0, 0.05) is 5.75 Å². The van der Waals surface area contributed by atoms with Crippen molar-refractivity contribution >= 4 is 38.3 Å². The molecular weight excluding hydrogens is 152 g/mol. The van der Waals surface area contributed by atoms with Gasteiger partial charge in [-0.05, 0) is 10.8 Å². The van der Waals surface area contributed by atoms with Gasteiger partial charge in [0.1, 0.15) is 5.38 Å². The fourth-order valence-electron chi connectivity index (χ4n) is 0.272. The molecule has 0 N–H and O–H groups in total. The molecule has 1 aliphatic rings. The molecule has 0 aromatic carbocycles. The van der Waals surface area contributed by atoms with Crippen molar-refractivity contribution in [2.24, 2.45) is 0 Å². The van der Waals surface area contributed by atoms with E-state index in [0.717, 1.165) is 5.75 Å². The van der Waals surface area contributed by atoms with Gasteiger partial charge in [-0.2, -0.15) is 0 Å². The molecule has 0 radical (unpaired) electrons. The molecule has 1 saturated heterocycles. The first-order chi connectivity index (χ1) is 3.30. The molecule has 4 heteroatoms. The second-order valence-electron chi connectivity index (χ2n) is 1.15. The van der Waals surface area contributed by atoms with Crippen molar-refractivity contribution in [3.8, 4) is 0 Å². The summed E-state index contributed by atoms with van der Waals surface area (Å²) in [6.45, 7) is 0. The first-order valence-electron chi connectivity index (χ1n) is 1.78. The van der Waals surface area contributed by atoms with Gasteiger partial charge in [-0.3, -0.25) is 4.79 Å². The maximum atomic E-state index is 10.4. The predicted octanol–water partition coefficient (Wildman–Crippen LogP) is 1.52. The van der Waals surface area contributed by atoms with Gasteiger partial charge in [0.05, 0.1) is 0 Å². The average molecular weight is 155 g/mol. The third-order valence-electron chi connectivity index (χ3n) is 0.611. The Morgan fingerprint density at radius 1 is 1.86 bits per heavy atom. The monoisotopic (exact) mass is 154 g/mol. The smallest absolute Gasteiger partial charge is 0.218 e. The molecule has 7 heavy (non-hydrogen) atoms. The van der Waals surface area contributed by atoms with Gasteiger partial charge in [-0.1, -0.05) is 10.8 Å². The van der Waals surface area contributed by atoms with Crippen LogP contribution in [0.2, 0.25) is 0 Å². The Balaban J connectivity index is 2.48. The summed E-state index contributed by atoms with van der Waals surface area (Å²) in [6.07, 6.45) is 0. The normalized spacial score (nSPS) is 31.6. The van der Waals surface area contributed by atoms with E-state index in [9.17, 15) is 4.79 Å². The van der Waals surface area contributed by atoms with E-state index >= 15 is 0 Å². The third kappa shape index (κ3) is 1.27. The molecule has 0 amide bonds.